The summed E-state index contributed by atoms with van der Waals surface area (Å²) in [6, 6.07) is 5.25. The van der Waals surface area contributed by atoms with Crippen molar-refractivity contribution in [1.82, 2.24) is 0 Å². The second-order valence-corrected chi connectivity index (χ2v) is 8.60. The van der Waals surface area contributed by atoms with Crippen molar-refractivity contribution < 1.29 is 32.7 Å². The largest absolute Gasteiger partial charge is 0.543 e. The summed E-state index contributed by atoms with van der Waals surface area (Å²) >= 11 is 0. The summed E-state index contributed by atoms with van der Waals surface area (Å²) in [5.74, 6) is 0.0219. The summed E-state index contributed by atoms with van der Waals surface area (Å²) in [5.41, 5.74) is 0.313. The predicted octanol–water partition coefficient (Wildman–Crippen LogP) is 3.93. The van der Waals surface area contributed by atoms with E-state index in [0.29, 0.717) is 43.3 Å². The maximum Gasteiger partial charge on any atom is 0.543 e. The zero-order valence-electron chi connectivity index (χ0n) is 17.4. The van der Waals surface area contributed by atoms with E-state index in [1.54, 1.807) is 25.3 Å². The van der Waals surface area contributed by atoms with Crippen LogP contribution in [-0.4, -0.2) is 52.5 Å². The molecule has 1 atom stereocenters. The van der Waals surface area contributed by atoms with Gasteiger partial charge in [-0.1, -0.05) is 19.4 Å². The van der Waals surface area contributed by atoms with Crippen molar-refractivity contribution in [3.05, 3.63) is 29.8 Å². The Morgan fingerprint density at radius 2 is 1.68 bits per heavy atom. The minimum absolute atomic E-state index is 0.383. The number of carbonyl (C=O) groups is 1. The van der Waals surface area contributed by atoms with Crippen LogP contribution in [0.2, 0.25) is 0 Å². The van der Waals surface area contributed by atoms with Crippen molar-refractivity contribution in [3.63, 3.8) is 0 Å². The quantitative estimate of drug-likeness (QED) is 0.366. The van der Waals surface area contributed by atoms with Gasteiger partial charge in [0.25, 0.3) is 0 Å². The number of aliphatic carboxylic acids is 1. The van der Waals surface area contributed by atoms with Crippen LogP contribution in [0.15, 0.2) is 24.3 Å². The van der Waals surface area contributed by atoms with Gasteiger partial charge in [-0.15, -0.1) is 0 Å². The van der Waals surface area contributed by atoms with E-state index in [2.05, 4.69) is 6.92 Å². The fourth-order valence-corrected chi connectivity index (χ4v) is 5.71. The first-order chi connectivity index (χ1) is 13.5. The second-order valence-electron chi connectivity index (χ2n) is 5.88. The van der Waals surface area contributed by atoms with Crippen LogP contribution in [0.4, 0.5) is 0 Å². The molecule has 158 valence electrons. The first kappa shape index (κ1) is 24.2. The Labute approximate surface area is 168 Å². The van der Waals surface area contributed by atoms with E-state index in [1.165, 1.54) is 6.08 Å². The molecule has 8 heteroatoms. The van der Waals surface area contributed by atoms with Gasteiger partial charge in [0.15, 0.2) is 17.2 Å². The Balaban J connectivity index is 3.23. The number of carboxylic acid groups (broad SMARTS) is 1. The molecule has 28 heavy (non-hydrogen) atoms. The molecule has 0 amide bonds. The summed E-state index contributed by atoms with van der Waals surface area (Å²) < 4.78 is 29.8. The highest BCUT2D eigenvalue weighted by Crippen LogP contribution is 2.33. The van der Waals surface area contributed by atoms with Gasteiger partial charge in [-0.3, -0.25) is 0 Å². The molecule has 0 aliphatic rings. The van der Waals surface area contributed by atoms with Crippen LogP contribution in [0.25, 0.3) is 6.08 Å². The molecule has 1 unspecified atom stereocenters. The highest BCUT2D eigenvalue weighted by atomic mass is 28.4. The molecule has 1 rings (SSSR count). The van der Waals surface area contributed by atoms with E-state index >= 15 is 0 Å². The van der Waals surface area contributed by atoms with Gasteiger partial charge in [-0.05, 0) is 51.0 Å². The SMILES string of the molecule is CCCC(Oc1ccc(/C=C/C(=O)O)cc1OC)[Si](OCC)(OCC)OCC. The second kappa shape index (κ2) is 12.6. The van der Waals surface area contributed by atoms with E-state index in [0.717, 1.165) is 12.5 Å². The molecule has 0 aliphatic carbocycles. The van der Waals surface area contributed by atoms with Crippen LogP contribution < -0.4 is 9.47 Å². The number of hydrogen-bond donors (Lipinski definition) is 1. The number of carboxylic acids is 1. The number of benzene rings is 1. The zero-order chi connectivity index (χ0) is 21.0. The maximum absolute atomic E-state index is 10.7. The van der Waals surface area contributed by atoms with Crippen molar-refractivity contribution in [2.45, 2.75) is 46.3 Å². The third-order valence-electron chi connectivity index (χ3n) is 3.86. The summed E-state index contributed by atoms with van der Waals surface area (Å²) in [6.45, 7) is 9.19. The summed E-state index contributed by atoms with van der Waals surface area (Å²) in [5, 5.41) is 8.80. The third kappa shape index (κ3) is 6.94. The van der Waals surface area contributed by atoms with Gasteiger partial charge in [0.2, 0.25) is 0 Å². The van der Waals surface area contributed by atoms with Crippen molar-refractivity contribution >= 4 is 20.8 Å². The molecule has 7 nitrogen and oxygen atoms in total. The Morgan fingerprint density at radius 3 is 2.14 bits per heavy atom. The molecule has 1 aromatic rings. The summed E-state index contributed by atoms with van der Waals surface area (Å²) in [7, 11) is -1.54. The highest BCUT2D eigenvalue weighted by molar-refractivity contribution is 6.62. The minimum atomic E-state index is -3.08. The Kier molecular flexibility index (Phi) is 10.8. The van der Waals surface area contributed by atoms with Crippen LogP contribution >= 0.6 is 0 Å². The van der Waals surface area contributed by atoms with E-state index < -0.39 is 14.8 Å². The monoisotopic (exact) mass is 412 g/mol. The van der Waals surface area contributed by atoms with Gasteiger partial charge in [0.05, 0.1) is 7.11 Å². The number of ether oxygens (including phenoxy) is 2. The lowest BCUT2D eigenvalue weighted by Crippen LogP contribution is -2.59. The molecular weight excluding hydrogens is 380 g/mol. The molecule has 0 saturated heterocycles. The first-order valence-electron chi connectivity index (χ1n) is 9.63. The van der Waals surface area contributed by atoms with Gasteiger partial charge in [-0.25, -0.2) is 4.79 Å². The molecule has 0 radical (unpaired) electrons. The van der Waals surface area contributed by atoms with Crippen molar-refractivity contribution in [2.75, 3.05) is 26.9 Å². The standard InChI is InChI=1S/C20H32O7Si/c1-6-10-20(28(24-7-2,25-8-3)26-9-4)27-17-13-11-16(12-14-19(21)22)15-18(17)23-5/h11-15,20H,6-10H2,1-5H3,(H,21,22)/b14-12+. The molecular formula is C20H32O7Si. The molecule has 0 fully saturated rings. The van der Waals surface area contributed by atoms with Crippen LogP contribution in [0.5, 0.6) is 11.5 Å². The molecule has 0 spiro atoms. The maximum atomic E-state index is 10.7. The lowest BCUT2D eigenvalue weighted by molar-refractivity contribution is -0.131. The lowest BCUT2D eigenvalue weighted by Gasteiger charge is -2.35. The van der Waals surface area contributed by atoms with Crippen LogP contribution in [0.1, 0.15) is 46.1 Å². The number of hydrogen-bond acceptors (Lipinski definition) is 6. The Bertz CT molecular complexity index is 616. The van der Waals surface area contributed by atoms with Crippen LogP contribution in [0.3, 0.4) is 0 Å². The molecule has 0 saturated carbocycles. The third-order valence-corrected chi connectivity index (χ3v) is 7.13. The summed E-state index contributed by atoms with van der Waals surface area (Å²) in [6.07, 6.45) is 4.15. The molecule has 0 aromatic heterocycles. The topological polar surface area (TPSA) is 83.5 Å². The van der Waals surface area contributed by atoms with Crippen LogP contribution in [0, 0.1) is 0 Å². The van der Waals surface area contributed by atoms with Crippen LogP contribution in [-0.2, 0) is 18.1 Å². The first-order valence-corrected chi connectivity index (χ1v) is 11.4. The predicted molar refractivity (Wildman–Crippen MR) is 110 cm³/mol. The average molecular weight is 413 g/mol. The zero-order valence-corrected chi connectivity index (χ0v) is 18.4. The van der Waals surface area contributed by atoms with Gasteiger partial charge < -0.3 is 27.9 Å². The normalized spacial score (nSPS) is 12.9. The van der Waals surface area contributed by atoms with E-state index in [9.17, 15) is 4.79 Å². The van der Waals surface area contributed by atoms with Gasteiger partial charge in [0, 0.05) is 25.9 Å². The molecule has 1 N–H and O–H groups in total. The van der Waals surface area contributed by atoms with Gasteiger partial charge in [0.1, 0.15) is 0 Å². The minimum Gasteiger partial charge on any atom is -0.493 e. The lowest BCUT2D eigenvalue weighted by atomic mass is 10.2. The van der Waals surface area contributed by atoms with E-state index in [4.69, 9.17) is 27.9 Å². The van der Waals surface area contributed by atoms with Crippen molar-refractivity contribution in [3.8, 4) is 11.5 Å². The van der Waals surface area contributed by atoms with Gasteiger partial charge >= 0.3 is 14.8 Å². The fraction of sp³-hybridized carbons (Fsp3) is 0.550. The molecule has 0 heterocycles. The summed E-state index contributed by atoms with van der Waals surface area (Å²) in [4.78, 5) is 10.7. The molecule has 0 bridgehead atoms. The Hall–Kier alpha value is -1.87. The van der Waals surface area contributed by atoms with Crippen molar-refractivity contribution in [2.24, 2.45) is 0 Å². The molecule has 1 aromatic carbocycles. The number of methoxy groups -OCH3 is 1. The van der Waals surface area contributed by atoms with E-state index in [1.807, 2.05) is 20.8 Å². The Morgan fingerprint density at radius 1 is 1.07 bits per heavy atom. The fourth-order valence-electron chi connectivity index (χ4n) is 2.78. The van der Waals surface area contributed by atoms with Crippen molar-refractivity contribution in [1.29, 1.82) is 0 Å². The molecule has 0 aliphatic heterocycles. The average Bonchev–Trinajstić information content (AvgIpc) is 2.67. The van der Waals surface area contributed by atoms with Gasteiger partial charge in [-0.2, -0.15) is 0 Å². The smallest absolute Gasteiger partial charge is 0.493 e. The van der Waals surface area contributed by atoms with E-state index in [-0.39, 0.29) is 5.73 Å². The number of rotatable bonds is 14. The highest BCUT2D eigenvalue weighted by Gasteiger charge is 2.51.